The van der Waals surface area contributed by atoms with E-state index in [0.29, 0.717) is 5.15 Å². The summed E-state index contributed by atoms with van der Waals surface area (Å²) in [5.41, 5.74) is 4.06. The van der Waals surface area contributed by atoms with E-state index in [1.807, 2.05) is 5.38 Å². The van der Waals surface area contributed by atoms with Crippen molar-refractivity contribution in [2.45, 2.75) is 19.3 Å². The molecule has 0 fully saturated rings. The van der Waals surface area contributed by atoms with Gasteiger partial charge < -0.3 is 5.32 Å². The van der Waals surface area contributed by atoms with Gasteiger partial charge in [-0.1, -0.05) is 17.7 Å². The Morgan fingerprint density at radius 3 is 2.94 bits per heavy atom. The van der Waals surface area contributed by atoms with Gasteiger partial charge in [-0.2, -0.15) is 0 Å². The zero-order chi connectivity index (χ0) is 11.0. The van der Waals surface area contributed by atoms with Crippen LogP contribution in [0.4, 0.5) is 10.8 Å². The molecule has 2 nitrogen and oxygen atoms in total. The maximum Gasteiger partial charge on any atom is 0.188 e. The van der Waals surface area contributed by atoms with Crippen LogP contribution in [0.2, 0.25) is 5.15 Å². The largest absolute Gasteiger partial charge is 0.332 e. The molecule has 1 aliphatic carbocycles. The smallest absolute Gasteiger partial charge is 0.188 e. The Morgan fingerprint density at radius 1 is 1.25 bits per heavy atom. The molecule has 0 atom stereocenters. The first-order valence-electron chi connectivity index (χ1n) is 5.31. The Balaban J connectivity index is 1.85. The summed E-state index contributed by atoms with van der Waals surface area (Å²) < 4.78 is 0. The van der Waals surface area contributed by atoms with Crippen molar-refractivity contribution < 1.29 is 0 Å². The number of aromatic nitrogens is 1. The van der Waals surface area contributed by atoms with Crippen molar-refractivity contribution in [2.75, 3.05) is 5.32 Å². The molecule has 0 saturated heterocycles. The highest BCUT2D eigenvalue weighted by Gasteiger charge is 2.11. The molecule has 1 heterocycles. The number of fused-ring (bicyclic) bond motifs is 1. The van der Waals surface area contributed by atoms with E-state index >= 15 is 0 Å². The summed E-state index contributed by atoms with van der Waals surface area (Å²) in [4.78, 5) is 4.17. The molecule has 0 radical (unpaired) electrons. The van der Waals surface area contributed by atoms with Crippen LogP contribution < -0.4 is 5.32 Å². The SMILES string of the molecule is Clc1csc(Nc2ccc3c(c2)CCC3)n1. The second kappa shape index (κ2) is 4.07. The molecule has 0 bridgehead atoms. The lowest BCUT2D eigenvalue weighted by Crippen LogP contribution is -1.91. The number of nitrogens with zero attached hydrogens (tertiary/aromatic N) is 1. The molecule has 0 saturated carbocycles. The summed E-state index contributed by atoms with van der Waals surface area (Å²) >= 11 is 7.30. The van der Waals surface area contributed by atoms with E-state index in [4.69, 9.17) is 11.6 Å². The van der Waals surface area contributed by atoms with Crippen molar-refractivity contribution in [1.29, 1.82) is 0 Å². The van der Waals surface area contributed by atoms with Gasteiger partial charge in [-0.05, 0) is 42.5 Å². The van der Waals surface area contributed by atoms with Crippen LogP contribution in [0.1, 0.15) is 17.5 Å². The van der Waals surface area contributed by atoms with Gasteiger partial charge in [-0.15, -0.1) is 11.3 Å². The molecule has 4 heteroatoms. The Morgan fingerprint density at radius 2 is 2.12 bits per heavy atom. The average Bonchev–Trinajstić information content (AvgIpc) is 2.87. The van der Waals surface area contributed by atoms with E-state index in [1.165, 1.54) is 41.7 Å². The summed E-state index contributed by atoms with van der Waals surface area (Å²) in [5, 5.41) is 6.51. The fourth-order valence-electron chi connectivity index (χ4n) is 2.08. The molecule has 0 amide bonds. The fourth-order valence-corrected chi connectivity index (χ4v) is 2.94. The first-order valence-corrected chi connectivity index (χ1v) is 6.57. The fraction of sp³-hybridized carbons (Fsp3) is 0.250. The summed E-state index contributed by atoms with van der Waals surface area (Å²) in [5.74, 6) is 0. The Kier molecular flexibility index (Phi) is 2.58. The number of rotatable bonds is 2. The zero-order valence-corrected chi connectivity index (χ0v) is 10.2. The van der Waals surface area contributed by atoms with Crippen LogP contribution in [0.25, 0.3) is 0 Å². The minimum absolute atomic E-state index is 0.550. The third kappa shape index (κ3) is 1.93. The van der Waals surface area contributed by atoms with E-state index in [0.717, 1.165) is 10.8 Å². The van der Waals surface area contributed by atoms with Gasteiger partial charge in [0.15, 0.2) is 5.13 Å². The number of hydrogen-bond donors (Lipinski definition) is 1. The van der Waals surface area contributed by atoms with Crippen molar-refractivity contribution in [3.8, 4) is 0 Å². The van der Waals surface area contributed by atoms with E-state index in [2.05, 4.69) is 28.5 Å². The molecule has 3 rings (SSSR count). The third-order valence-corrected chi connectivity index (χ3v) is 3.91. The highest BCUT2D eigenvalue weighted by Crippen LogP contribution is 2.28. The molecular weight excluding hydrogens is 240 g/mol. The molecule has 82 valence electrons. The van der Waals surface area contributed by atoms with Crippen molar-refractivity contribution >= 4 is 33.8 Å². The number of halogens is 1. The summed E-state index contributed by atoms with van der Waals surface area (Å²) in [7, 11) is 0. The van der Waals surface area contributed by atoms with Crippen molar-refractivity contribution in [3.63, 3.8) is 0 Å². The number of anilines is 2. The van der Waals surface area contributed by atoms with E-state index < -0.39 is 0 Å². The molecule has 1 N–H and O–H groups in total. The molecule has 1 aromatic heterocycles. The van der Waals surface area contributed by atoms with Crippen LogP contribution in [0, 0.1) is 0 Å². The topological polar surface area (TPSA) is 24.9 Å². The van der Waals surface area contributed by atoms with Crippen LogP contribution in [-0.4, -0.2) is 4.98 Å². The summed E-state index contributed by atoms with van der Waals surface area (Å²) in [6.07, 6.45) is 3.70. The second-order valence-corrected chi connectivity index (χ2v) is 5.18. The Hall–Kier alpha value is -1.06. The molecular formula is C12H11ClN2S. The summed E-state index contributed by atoms with van der Waals surface area (Å²) in [6, 6.07) is 6.54. The van der Waals surface area contributed by atoms with Crippen molar-refractivity contribution in [3.05, 3.63) is 39.9 Å². The molecule has 2 aromatic rings. The number of hydrogen-bond acceptors (Lipinski definition) is 3. The Bertz CT molecular complexity index is 521. The first-order chi connectivity index (χ1) is 7.81. The lowest BCUT2D eigenvalue weighted by molar-refractivity contribution is 0.912. The van der Waals surface area contributed by atoms with Crippen molar-refractivity contribution in [2.24, 2.45) is 0 Å². The van der Waals surface area contributed by atoms with Crippen LogP contribution >= 0.6 is 22.9 Å². The quantitative estimate of drug-likeness (QED) is 0.871. The van der Waals surface area contributed by atoms with E-state index in [1.54, 1.807) is 0 Å². The molecule has 0 spiro atoms. The molecule has 0 aliphatic heterocycles. The maximum absolute atomic E-state index is 5.78. The number of benzene rings is 1. The van der Waals surface area contributed by atoms with Gasteiger partial charge in [-0.3, -0.25) is 0 Å². The zero-order valence-electron chi connectivity index (χ0n) is 8.66. The molecule has 0 unspecified atom stereocenters. The molecule has 1 aliphatic rings. The van der Waals surface area contributed by atoms with Gasteiger partial charge in [0.2, 0.25) is 0 Å². The minimum Gasteiger partial charge on any atom is -0.332 e. The number of nitrogens with one attached hydrogen (secondary N) is 1. The lowest BCUT2D eigenvalue weighted by Gasteiger charge is -2.05. The van der Waals surface area contributed by atoms with Crippen LogP contribution in [-0.2, 0) is 12.8 Å². The van der Waals surface area contributed by atoms with Crippen molar-refractivity contribution in [1.82, 2.24) is 4.98 Å². The highest BCUT2D eigenvalue weighted by molar-refractivity contribution is 7.14. The van der Waals surface area contributed by atoms with Crippen LogP contribution in [0.3, 0.4) is 0 Å². The number of aryl methyl sites for hydroxylation is 2. The predicted molar refractivity (Wildman–Crippen MR) is 68.9 cm³/mol. The first kappa shape index (κ1) is 10.1. The number of thiazole rings is 1. The lowest BCUT2D eigenvalue weighted by atomic mass is 10.1. The third-order valence-electron chi connectivity index (χ3n) is 2.83. The molecule has 16 heavy (non-hydrogen) atoms. The minimum atomic E-state index is 0.550. The standard InChI is InChI=1S/C12H11ClN2S/c13-11-7-16-12(15-11)14-10-5-4-8-2-1-3-9(8)6-10/h4-7H,1-3H2,(H,14,15). The van der Waals surface area contributed by atoms with Gasteiger partial charge >= 0.3 is 0 Å². The van der Waals surface area contributed by atoms with E-state index in [-0.39, 0.29) is 0 Å². The second-order valence-electron chi connectivity index (χ2n) is 3.94. The van der Waals surface area contributed by atoms with Crippen LogP contribution in [0.5, 0.6) is 0 Å². The summed E-state index contributed by atoms with van der Waals surface area (Å²) in [6.45, 7) is 0. The highest BCUT2D eigenvalue weighted by atomic mass is 35.5. The predicted octanol–water partition coefficient (Wildman–Crippen LogP) is 4.03. The van der Waals surface area contributed by atoms with Gasteiger partial charge in [-0.25, -0.2) is 4.98 Å². The van der Waals surface area contributed by atoms with Gasteiger partial charge in [0.25, 0.3) is 0 Å². The monoisotopic (exact) mass is 250 g/mol. The maximum atomic E-state index is 5.78. The van der Waals surface area contributed by atoms with Crippen LogP contribution in [0.15, 0.2) is 23.6 Å². The van der Waals surface area contributed by atoms with E-state index in [9.17, 15) is 0 Å². The van der Waals surface area contributed by atoms with Gasteiger partial charge in [0.05, 0.1) is 0 Å². The van der Waals surface area contributed by atoms with Gasteiger partial charge in [0.1, 0.15) is 5.15 Å². The molecule has 1 aromatic carbocycles. The normalized spacial score (nSPS) is 13.8. The van der Waals surface area contributed by atoms with Gasteiger partial charge in [0, 0.05) is 11.1 Å². The average molecular weight is 251 g/mol. The Labute approximate surface area is 103 Å².